The maximum atomic E-state index is 12.2. The van der Waals surface area contributed by atoms with Gasteiger partial charge in [0.2, 0.25) is 5.91 Å². The van der Waals surface area contributed by atoms with Crippen LogP contribution >= 0.6 is 0 Å². The van der Waals surface area contributed by atoms with Gasteiger partial charge in [0.15, 0.2) is 0 Å². The summed E-state index contributed by atoms with van der Waals surface area (Å²) in [5, 5.41) is 0. The van der Waals surface area contributed by atoms with Gasteiger partial charge in [-0.15, -0.1) is 0 Å². The van der Waals surface area contributed by atoms with Crippen LogP contribution in [0.1, 0.15) is 17.8 Å². The van der Waals surface area contributed by atoms with E-state index in [1.165, 1.54) is 16.7 Å². The lowest BCUT2D eigenvalue weighted by molar-refractivity contribution is -0.130. The number of imidazole rings is 1. The fourth-order valence-corrected chi connectivity index (χ4v) is 2.63. The molecule has 3 rings (SSSR count). The van der Waals surface area contributed by atoms with Crippen molar-refractivity contribution in [3.8, 4) is 11.1 Å². The molecule has 2 aromatic carbocycles. The van der Waals surface area contributed by atoms with Gasteiger partial charge in [-0.2, -0.15) is 0 Å². The predicted molar refractivity (Wildman–Crippen MR) is 95.3 cm³/mol. The first-order valence-corrected chi connectivity index (χ1v) is 8.09. The van der Waals surface area contributed by atoms with E-state index < -0.39 is 0 Å². The average Bonchev–Trinajstić information content (AvgIpc) is 3.14. The maximum absolute atomic E-state index is 12.2. The molecule has 0 saturated heterocycles. The molecule has 0 aliphatic carbocycles. The lowest BCUT2D eigenvalue weighted by Crippen LogP contribution is -2.26. The highest BCUT2D eigenvalue weighted by Gasteiger charge is 2.10. The lowest BCUT2D eigenvalue weighted by Gasteiger charge is -2.15. The van der Waals surface area contributed by atoms with Gasteiger partial charge in [0.05, 0.1) is 6.54 Å². The van der Waals surface area contributed by atoms with Crippen LogP contribution in [0.2, 0.25) is 0 Å². The molecule has 1 heterocycles. The van der Waals surface area contributed by atoms with Crippen molar-refractivity contribution in [3.05, 3.63) is 78.4 Å². The van der Waals surface area contributed by atoms with Gasteiger partial charge in [-0.25, -0.2) is 4.98 Å². The highest BCUT2D eigenvalue weighted by molar-refractivity contribution is 5.76. The van der Waals surface area contributed by atoms with Crippen LogP contribution in [0.15, 0.2) is 67.0 Å². The van der Waals surface area contributed by atoms with Crippen molar-refractivity contribution in [1.82, 2.24) is 14.9 Å². The number of rotatable bonds is 6. The Balaban J connectivity index is 1.54. The van der Waals surface area contributed by atoms with Crippen LogP contribution in [-0.2, 0) is 17.8 Å². The summed E-state index contributed by atoms with van der Waals surface area (Å²) >= 11 is 0. The number of nitrogens with one attached hydrogen (secondary N) is 1. The third-order valence-electron chi connectivity index (χ3n) is 4.06. The summed E-state index contributed by atoms with van der Waals surface area (Å²) in [6.07, 6.45) is 4.71. The zero-order chi connectivity index (χ0) is 16.8. The molecule has 1 aromatic heterocycles. The summed E-state index contributed by atoms with van der Waals surface area (Å²) in [6.45, 7) is 0.513. The molecule has 0 aliphatic rings. The fourth-order valence-electron chi connectivity index (χ4n) is 2.63. The van der Waals surface area contributed by atoms with E-state index >= 15 is 0 Å². The van der Waals surface area contributed by atoms with Crippen molar-refractivity contribution in [3.63, 3.8) is 0 Å². The smallest absolute Gasteiger partial charge is 0.223 e. The number of aromatic nitrogens is 2. The molecule has 0 spiro atoms. The minimum atomic E-state index is 0.124. The van der Waals surface area contributed by atoms with E-state index in [1.807, 2.05) is 25.2 Å². The molecule has 4 nitrogen and oxygen atoms in total. The topological polar surface area (TPSA) is 49.0 Å². The average molecular weight is 319 g/mol. The second kappa shape index (κ2) is 7.59. The number of benzene rings is 2. The van der Waals surface area contributed by atoms with Gasteiger partial charge in [-0.1, -0.05) is 54.6 Å². The summed E-state index contributed by atoms with van der Waals surface area (Å²) in [6, 6.07) is 18.7. The van der Waals surface area contributed by atoms with Gasteiger partial charge in [0.25, 0.3) is 0 Å². The molecule has 0 bridgehead atoms. The van der Waals surface area contributed by atoms with E-state index in [-0.39, 0.29) is 5.91 Å². The van der Waals surface area contributed by atoms with Crippen LogP contribution in [0.3, 0.4) is 0 Å². The van der Waals surface area contributed by atoms with Crippen molar-refractivity contribution < 1.29 is 4.79 Å². The van der Waals surface area contributed by atoms with Crippen LogP contribution in [0.4, 0.5) is 0 Å². The summed E-state index contributed by atoms with van der Waals surface area (Å²) in [7, 11) is 1.81. The van der Waals surface area contributed by atoms with Crippen LogP contribution in [0.5, 0.6) is 0 Å². The number of hydrogen-bond acceptors (Lipinski definition) is 2. The molecule has 1 N–H and O–H groups in total. The Hall–Kier alpha value is -2.88. The highest BCUT2D eigenvalue weighted by Crippen LogP contribution is 2.19. The Labute approximate surface area is 142 Å². The summed E-state index contributed by atoms with van der Waals surface area (Å²) in [5.74, 6) is 0.927. The van der Waals surface area contributed by atoms with Gasteiger partial charge >= 0.3 is 0 Å². The normalized spacial score (nSPS) is 10.5. The van der Waals surface area contributed by atoms with Crippen molar-refractivity contribution in [2.75, 3.05) is 7.05 Å². The van der Waals surface area contributed by atoms with Crippen LogP contribution in [-0.4, -0.2) is 27.8 Å². The van der Waals surface area contributed by atoms with Gasteiger partial charge in [-0.05, 0) is 23.1 Å². The van der Waals surface area contributed by atoms with E-state index in [1.54, 1.807) is 17.3 Å². The Morgan fingerprint density at radius 2 is 1.75 bits per heavy atom. The van der Waals surface area contributed by atoms with Gasteiger partial charge < -0.3 is 9.88 Å². The van der Waals surface area contributed by atoms with Crippen molar-refractivity contribution in [2.24, 2.45) is 0 Å². The van der Waals surface area contributed by atoms with Crippen molar-refractivity contribution in [2.45, 2.75) is 19.4 Å². The molecular weight excluding hydrogens is 298 g/mol. The molecule has 3 aromatic rings. The first-order chi connectivity index (χ1) is 11.7. The molecule has 122 valence electrons. The van der Waals surface area contributed by atoms with E-state index in [9.17, 15) is 4.79 Å². The molecule has 4 heteroatoms. The second-order valence-electron chi connectivity index (χ2n) is 5.85. The SMILES string of the molecule is CN(Cc1ncc[nH]1)C(=O)CCc1ccc(-c2ccccc2)cc1. The predicted octanol–water partition coefficient (Wildman–Crippen LogP) is 3.67. The quantitative estimate of drug-likeness (QED) is 0.753. The lowest BCUT2D eigenvalue weighted by atomic mass is 10.0. The van der Waals surface area contributed by atoms with E-state index in [4.69, 9.17) is 0 Å². The van der Waals surface area contributed by atoms with Crippen molar-refractivity contribution >= 4 is 5.91 Å². The molecule has 0 fully saturated rings. The molecule has 0 saturated carbocycles. The Kier molecular flexibility index (Phi) is 5.06. The van der Waals surface area contributed by atoms with E-state index in [2.05, 4.69) is 46.4 Å². The summed E-state index contributed by atoms with van der Waals surface area (Å²) in [4.78, 5) is 21.1. The Morgan fingerprint density at radius 1 is 1.04 bits per heavy atom. The molecule has 0 radical (unpaired) electrons. The summed E-state index contributed by atoms with van der Waals surface area (Å²) < 4.78 is 0. The monoisotopic (exact) mass is 319 g/mol. The fraction of sp³-hybridized carbons (Fsp3) is 0.200. The number of hydrogen-bond donors (Lipinski definition) is 1. The molecule has 0 aliphatic heterocycles. The number of nitrogens with zero attached hydrogens (tertiary/aromatic N) is 2. The van der Waals surface area contributed by atoms with Gasteiger partial charge in [-0.3, -0.25) is 4.79 Å². The zero-order valence-corrected chi connectivity index (χ0v) is 13.8. The van der Waals surface area contributed by atoms with E-state index in [0.29, 0.717) is 13.0 Å². The third kappa shape index (κ3) is 4.10. The van der Waals surface area contributed by atoms with Crippen molar-refractivity contribution in [1.29, 1.82) is 0 Å². The Bertz CT molecular complexity index is 764. The standard InChI is InChI=1S/C20H21N3O/c1-23(15-19-21-13-14-22-19)20(24)12-9-16-7-10-18(11-8-16)17-5-3-2-4-6-17/h2-8,10-11,13-14H,9,12,15H2,1H3,(H,21,22). The van der Waals surface area contributed by atoms with E-state index in [0.717, 1.165) is 12.2 Å². The number of carbonyl (C=O) groups is 1. The number of aromatic amines is 1. The first kappa shape index (κ1) is 16.0. The molecule has 0 unspecified atom stereocenters. The third-order valence-corrected chi connectivity index (χ3v) is 4.06. The maximum Gasteiger partial charge on any atom is 0.223 e. The minimum absolute atomic E-state index is 0.124. The molecule has 1 amide bonds. The van der Waals surface area contributed by atoms with Crippen LogP contribution in [0.25, 0.3) is 11.1 Å². The zero-order valence-electron chi connectivity index (χ0n) is 13.8. The van der Waals surface area contributed by atoms with Gasteiger partial charge in [0.1, 0.15) is 5.82 Å². The van der Waals surface area contributed by atoms with Crippen LogP contribution < -0.4 is 0 Å². The molecule has 0 atom stereocenters. The summed E-state index contributed by atoms with van der Waals surface area (Å²) in [5.41, 5.74) is 3.58. The first-order valence-electron chi connectivity index (χ1n) is 8.09. The minimum Gasteiger partial charge on any atom is -0.347 e. The number of H-pyrrole nitrogens is 1. The van der Waals surface area contributed by atoms with Crippen LogP contribution in [0, 0.1) is 0 Å². The number of aryl methyl sites for hydroxylation is 1. The van der Waals surface area contributed by atoms with Gasteiger partial charge in [0, 0.05) is 25.9 Å². The number of amides is 1. The highest BCUT2D eigenvalue weighted by atomic mass is 16.2. The molecule has 24 heavy (non-hydrogen) atoms. The largest absolute Gasteiger partial charge is 0.347 e. The number of carbonyl (C=O) groups excluding carboxylic acids is 1. The molecular formula is C20H21N3O. The Morgan fingerprint density at radius 3 is 2.42 bits per heavy atom. The second-order valence-corrected chi connectivity index (χ2v) is 5.85.